The molecular formula is C18H29NO3. The summed E-state index contributed by atoms with van der Waals surface area (Å²) in [5.74, 6) is 0. The molecule has 0 bridgehead atoms. The molecular weight excluding hydrogens is 278 g/mol. The Morgan fingerprint density at radius 2 is 1.86 bits per heavy atom. The smallest absolute Gasteiger partial charge is 0.0785 e. The van der Waals surface area contributed by atoms with Gasteiger partial charge in [-0.2, -0.15) is 0 Å². The molecule has 1 heterocycles. The Bertz CT molecular complexity index is 404. The van der Waals surface area contributed by atoms with Crippen molar-refractivity contribution in [1.82, 2.24) is 5.32 Å². The van der Waals surface area contributed by atoms with Crippen LogP contribution in [0.25, 0.3) is 0 Å². The van der Waals surface area contributed by atoms with Gasteiger partial charge in [-0.15, -0.1) is 0 Å². The first-order valence-electron chi connectivity index (χ1n) is 8.26. The summed E-state index contributed by atoms with van der Waals surface area (Å²) < 4.78 is 17.4. The van der Waals surface area contributed by atoms with Gasteiger partial charge in [-0.1, -0.05) is 30.3 Å². The van der Waals surface area contributed by atoms with Gasteiger partial charge in [0.05, 0.1) is 38.1 Å². The molecule has 4 nitrogen and oxygen atoms in total. The largest absolute Gasteiger partial charge is 0.376 e. The Morgan fingerprint density at radius 1 is 1.14 bits per heavy atom. The zero-order valence-electron chi connectivity index (χ0n) is 13.8. The molecule has 2 rings (SSSR count). The Kier molecular flexibility index (Phi) is 7.33. The van der Waals surface area contributed by atoms with E-state index in [0.29, 0.717) is 26.4 Å². The van der Waals surface area contributed by atoms with Crippen molar-refractivity contribution in [3.05, 3.63) is 35.9 Å². The minimum atomic E-state index is 0.0179. The number of benzene rings is 1. The van der Waals surface area contributed by atoms with E-state index in [0.717, 1.165) is 25.9 Å². The molecule has 0 aromatic heterocycles. The minimum Gasteiger partial charge on any atom is -0.376 e. The number of hydrogen-bond donors (Lipinski definition) is 1. The average Bonchev–Trinajstić information content (AvgIpc) is 2.54. The second-order valence-corrected chi connectivity index (χ2v) is 6.23. The Hall–Kier alpha value is -0.940. The monoisotopic (exact) mass is 307 g/mol. The van der Waals surface area contributed by atoms with Crippen molar-refractivity contribution < 1.29 is 14.2 Å². The molecule has 4 heteroatoms. The van der Waals surface area contributed by atoms with Crippen LogP contribution in [-0.2, 0) is 20.8 Å². The molecule has 0 aliphatic carbocycles. The molecule has 1 fully saturated rings. The van der Waals surface area contributed by atoms with Crippen LogP contribution in [0.5, 0.6) is 0 Å². The number of ether oxygens (including phenoxy) is 3. The van der Waals surface area contributed by atoms with Gasteiger partial charge in [0.2, 0.25) is 0 Å². The van der Waals surface area contributed by atoms with Crippen LogP contribution in [0.1, 0.15) is 32.3 Å². The zero-order valence-corrected chi connectivity index (χ0v) is 13.8. The fraction of sp³-hybridized carbons (Fsp3) is 0.667. The normalized spacial score (nSPS) is 19.0. The Morgan fingerprint density at radius 3 is 2.59 bits per heavy atom. The molecule has 0 amide bonds. The first-order chi connectivity index (χ1) is 10.7. The predicted molar refractivity (Wildman–Crippen MR) is 88.0 cm³/mol. The second kappa shape index (κ2) is 9.26. The molecule has 124 valence electrons. The summed E-state index contributed by atoms with van der Waals surface area (Å²) >= 11 is 0. The van der Waals surface area contributed by atoms with Crippen LogP contribution in [0.2, 0.25) is 0 Å². The summed E-state index contributed by atoms with van der Waals surface area (Å²) in [5, 5.41) is 3.36. The standard InChI is InChI=1S/C18H29NO3/c1-16(21-15-17-6-4-3-5-7-17)14-20-12-13-22-18(2)8-10-19-11-9-18/h3-7,16,19H,8-15H2,1-2H3/t16-/m1/s1. The fourth-order valence-corrected chi connectivity index (χ4v) is 2.56. The molecule has 1 aliphatic rings. The third-order valence-corrected chi connectivity index (χ3v) is 4.07. The maximum Gasteiger partial charge on any atom is 0.0785 e. The van der Waals surface area contributed by atoms with E-state index < -0.39 is 0 Å². The molecule has 0 radical (unpaired) electrons. The molecule has 0 unspecified atom stereocenters. The molecule has 22 heavy (non-hydrogen) atoms. The highest BCUT2D eigenvalue weighted by Crippen LogP contribution is 2.21. The van der Waals surface area contributed by atoms with E-state index >= 15 is 0 Å². The number of piperidine rings is 1. The highest BCUT2D eigenvalue weighted by Gasteiger charge is 2.26. The summed E-state index contributed by atoms with van der Waals surface area (Å²) in [4.78, 5) is 0. The van der Waals surface area contributed by atoms with Gasteiger partial charge in [0, 0.05) is 0 Å². The van der Waals surface area contributed by atoms with Gasteiger partial charge in [-0.25, -0.2) is 0 Å². The van der Waals surface area contributed by atoms with Gasteiger partial charge in [0.1, 0.15) is 0 Å². The van der Waals surface area contributed by atoms with Gasteiger partial charge < -0.3 is 19.5 Å². The number of nitrogens with one attached hydrogen (secondary N) is 1. The van der Waals surface area contributed by atoms with Crippen molar-refractivity contribution in [2.24, 2.45) is 0 Å². The van der Waals surface area contributed by atoms with E-state index in [1.165, 1.54) is 5.56 Å². The summed E-state index contributed by atoms with van der Waals surface area (Å²) in [6, 6.07) is 10.2. The van der Waals surface area contributed by atoms with Gasteiger partial charge >= 0.3 is 0 Å². The van der Waals surface area contributed by atoms with Crippen LogP contribution in [0, 0.1) is 0 Å². The summed E-state index contributed by atoms with van der Waals surface area (Å²) in [6.07, 6.45) is 2.24. The molecule has 0 spiro atoms. The third kappa shape index (κ3) is 6.44. The van der Waals surface area contributed by atoms with Crippen LogP contribution in [0.15, 0.2) is 30.3 Å². The minimum absolute atomic E-state index is 0.0179. The van der Waals surface area contributed by atoms with Crippen LogP contribution >= 0.6 is 0 Å². The van der Waals surface area contributed by atoms with Crippen LogP contribution in [0.4, 0.5) is 0 Å². The van der Waals surface area contributed by atoms with Crippen molar-refractivity contribution in [3.63, 3.8) is 0 Å². The first-order valence-corrected chi connectivity index (χ1v) is 8.26. The molecule has 1 N–H and O–H groups in total. The highest BCUT2D eigenvalue weighted by atomic mass is 16.6. The molecule has 1 saturated heterocycles. The van der Waals surface area contributed by atoms with E-state index in [4.69, 9.17) is 14.2 Å². The lowest BCUT2D eigenvalue weighted by molar-refractivity contribution is -0.0834. The topological polar surface area (TPSA) is 39.7 Å². The Balaban J connectivity index is 1.51. The van der Waals surface area contributed by atoms with Crippen LogP contribution < -0.4 is 5.32 Å². The molecule has 1 aromatic rings. The Labute approximate surface area is 134 Å². The van der Waals surface area contributed by atoms with E-state index in [1.807, 2.05) is 25.1 Å². The number of rotatable bonds is 9. The van der Waals surface area contributed by atoms with Gasteiger partial charge in [-0.05, 0) is 45.3 Å². The average molecular weight is 307 g/mol. The lowest BCUT2D eigenvalue weighted by Gasteiger charge is -2.34. The SMILES string of the molecule is C[C@H](COCCOC1(C)CCNCC1)OCc1ccccc1. The quantitative estimate of drug-likeness (QED) is 0.712. The number of hydrogen-bond acceptors (Lipinski definition) is 4. The fourth-order valence-electron chi connectivity index (χ4n) is 2.56. The second-order valence-electron chi connectivity index (χ2n) is 6.23. The van der Waals surface area contributed by atoms with E-state index in [-0.39, 0.29) is 11.7 Å². The zero-order chi connectivity index (χ0) is 15.7. The van der Waals surface area contributed by atoms with Crippen molar-refractivity contribution in [2.75, 3.05) is 32.9 Å². The van der Waals surface area contributed by atoms with Gasteiger partial charge in [-0.3, -0.25) is 0 Å². The molecule has 1 aromatic carbocycles. The summed E-state index contributed by atoms with van der Waals surface area (Å²) in [6.45, 7) is 8.84. The van der Waals surface area contributed by atoms with Gasteiger partial charge in [0.25, 0.3) is 0 Å². The van der Waals surface area contributed by atoms with E-state index in [1.54, 1.807) is 0 Å². The summed E-state index contributed by atoms with van der Waals surface area (Å²) in [7, 11) is 0. The van der Waals surface area contributed by atoms with Crippen molar-refractivity contribution in [3.8, 4) is 0 Å². The maximum absolute atomic E-state index is 5.98. The lowest BCUT2D eigenvalue weighted by atomic mass is 9.95. The van der Waals surface area contributed by atoms with Crippen LogP contribution in [0.3, 0.4) is 0 Å². The lowest BCUT2D eigenvalue weighted by Crippen LogP contribution is -2.42. The first kappa shape index (κ1) is 17.4. The highest BCUT2D eigenvalue weighted by molar-refractivity contribution is 5.13. The maximum atomic E-state index is 5.98. The van der Waals surface area contributed by atoms with E-state index in [9.17, 15) is 0 Å². The molecule has 1 aliphatic heterocycles. The molecule has 0 saturated carbocycles. The van der Waals surface area contributed by atoms with E-state index in [2.05, 4.69) is 24.4 Å². The molecule has 1 atom stereocenters. The van der Waals surface area contributed by atoms with Crippen molar-refractivity contribution in [1.29, 1.82) is 0 Å². The van der Waals surface area contributed by atoms with Gasteiger partial charge in [0.15, 0.2) is 0 Å². The van der Waals surface area contributed by atoms with Crippen molar-refractivity contribution in [2.45, 2.75) is 45.0 Å². The predicted octanol–water partition coefficient (Wildman–Crippen LogP) is 2.77. The summed E-state index contributed by atoms with van der Waals surface area (Å²) in [5.41, 5.74) is 1.21. The van der Waals surface area contributed by atoms with Crippen LogP contribution in [-0.4, -0.2) is 44.6 Å². The van der Waals surface area contributed by atoms with Crippen molar-refractivity contribution >= 4 is 0 Å². The third-order valence-electron chi connectivity index (χ3n) is 4.07.